The number of aryl methyl sites for hydroxylation is 1. The first-order chi connectivity index (χ1) is 19.9. The van der Waals surface area contributed by atoms with Crippen molar-refractivity contribution in [1.29, 1.82) is 0 Å². The maximum atomic E-state index is 13.1. The van der Waals surface area contributed by atoms with Crippen LogP contribution in [0.3, 0.4) is 0 Å². The van der Waals surface area contributed by atoms with Crippen molar-refractivity contribution in [2.75, 3.05) is 39.9 Å². The van der Waals surface area contributed by atoms with E-state index in [1.165, 1.54) is 51.7 Å². The van der Waals surface area contributed by atoms with Crippen LogP contribution in [0.4, 0.5) is 0 Å². The summed E-state index contributed by atoms with van der Waals surface area (Å²) < 4.78 is 7.27. The Labute approximate surface area is 243 Å². The van der Waals surface area contributed by atoms with Crippen LogP contribution in [0.5, 0.6) is 0 Å². The largest absolute Gasteiger partial charge is 0.383 e. The van der Waals surface area contributed by atoms with E-state index in [9.17, 15) is 4.79 Å². The van der Waals surface area contributed by atoms with Crippen LogP contribution in [0.2, 0.25) is 0 Å². The van der Waals surface area contributed by atoms with Gasteiger partial charge in [-0.25, -0.2) is 9.50 Å². The molecule has 0 bridgehead atoms. The molecule has 4 aromatic rings. The Morgan fingerprint density at radius 2 is 1.93 bits per heavy atom. The van der Waals surface area contributed by atoms with Gasteiger partial charge in [0.15, 0.2) is 5.65 Å². The number of aromatic amines is 1. The Kier molecular flexibility index (Phi) is 7.88. The van der Waals surface area contributed by atoms with E-state index in [1.54, 1.807) is 13.4 Å². The maximum absolute atomic E-state index is 13.1. The minimum atomic E-state index is 0.300. The second-order valence-corrected chi connectivity index (χ2v) is 12.4. The summed E-state index contributed by atoms with van der Waals surface area (Å²) in [5, 5.41) is 5.73. The fraction of sp³-hybridized carbons (Fsp3) is 0.545. The average Bonchev–Trinajstić information content (AvgIpc) is 3.72. The number of hydrogen-bond donors (Lipinski definition) is 1. The lowest BCUT2D eigenvalue weighted by atomic mass is 9.87. The second kappa shape index (κ2) is 11.6. The molecule has 6 rings (SSSR count). The van der Waals surface area contributed by atoms with Gasteiger partial charge in [-0.3, -0.25) is 9.69 Å². The molecule has 2 aliphatic heterocycles. The number of carbonyl (C=O) groups excluding carboxylic acids is 1. The summed E-state index contributed by atoms with van der Waals surface area (Å²) >= 11 is 0. The number of nitrogens with zero attached hydrogens (tertiary/aromatic N) is 5. The van der Waals surface area contributed by atoms with Crippen LogP contribution in [0.1, 0.15) is 80.0 Å². The Morgan fingerprint density at radius 3 is 2.68 bits per heavy atom. The number of piperidine rings is 1. The van der Waals surface area contributed by atoms with Crippen molar-refractivity contribution in [3.05, 3.63) is 53.0 Å². The third-order valence-corrected chi connectivity index (χ3v) is 9.63. The van der Waals surface area contributed by atoms with Crippen LogP contribution in [-0.4, -0.2) is 81.2 Å². The number of likely N-dealkylation sites (tertiary alicyclic amines) is 2. The molecule has 1 atom stereocenters. The predicted molar refractivity (Wildman–Crippen MR) is 163 cm³/mol. The lowest BCUT2D eigenvalue weighted by molar-refractivity contribution is -0.132. The molecule has 1 N–H and O–H groups in total. The van der Waals surface area contributed by atoms with E-state index in [0.717, 1.165) is 56.8 Å². The highest BCUT2D eigenvalue weighted by Crippen LogP contribution is 2.40. The highest BCUT2D eigenvalue weighted by Gasteiger charge is 2.28. The van der Waals surface area contributed by atoms with E-state index >= 15 is 0 Å². The van der Waals surface area contributed by atoms with Crippen molar-refractivity contribution in [2.45, 2.75) is 77.7 Å². The van der Waals surface area contributed by atoms with E-state index in [2.05, 4.69) is 77.0 Å². The van der Waals surface area contributed by atoms with Crippen molar-refractivity contribution >= 4 is 22.5 Å². The third kappa shape index (κ3) is 5.28. The van der Waals surface area contributed by atoms with Crippen molar-refractivity contribution in [2.24, 2.45) is 0 Å². The van der Waals surface area contributed by atoms with Gasteiger partial charge in [-0.2, -0.15) is 5.10 Å². The lowest BCUT2D eigenvalue weighted by Gasteiger charge is -2.33. The van der Waals surface area contributed by atoms with Crippen LogP contribution in [0.25, 0.3) is 27.8 Å². The predicted octanol–water partition coefficient (Wildman–Crippen LogP) is 5.82. The van der Waals surface area contributed by atoms with Gasteiger partial charge in [0.1, 0.15) is 6.33 Å². The van der Waals surface area contributed by atoms with Crippen molar-refractivity contribution in [3.63, 3.8) is 0 Å². The number of ether oxygens (including phenoxy) is 1. The van der Waals surface area contributed by atoms with Gasteiger partial charge in [-0.15, -0.1) is 0 Å². The molecule has 2 fully saturated rings. The molecule has 0 radical (unpaired) electrons. The van der Waals surface area contributed by atoms with Crippen LogP contribution in [0.15, 0.2) is 30.7 Å². The van der Waals surface area contributed by atoms with Gasteiger partial charge in [0, 0.05) is 61.9 Å². The van der Waals surface area contributed by atoms with Crippen molar-refractivity contribution < 1.29 is 9.53 Å². The van der Waals surface area contributed by atoms with E-state index < -0.39 is 0 Å². The number of carbonyl (C=O) groups is 1. The summed E-state index contributed by atoms with van der Waals surface area (Å²) in [6, 6.07) is 7.42. The van der Waals surface area contributed by atoms with Gasteiger partial charge in [0.2, 0.25) is 5.91 Å². The average molecular weight is 557 g/mol. The molecule has 8 heteroatoms. The molecule has 0 spiro atoms. The molecule has 5 heterocycles. The SMILES string of the molecule is COC[C@@H]1CCCN1CCC(=O)N1CCC(c2ccc3[nH]c(-c4cn5ncnc5c(C)c4C)c(C(C)C)c3c2)CC1. The van der Waals surface area contributed by atoms with Gasteiger partial charge in [-0.05, 0) is 92.3 Å². The first-order valence-electron chi connectivity index (χ1n) is 15.3. The van der Waals surface area contributed by atoms with E-state index in [1.807, 2.05) is 4.52 Å². The number of rotatable bonds is 8. The van der Waals surface area contributed by atoms with Crippen LogP contribution >= 0.6 is 0 Å². The topological polar surface area (TPSA) is 78.8 Å². The standard InChI is InChI=1S/C33H44N6O2/c1-21(2)31-27-17-25(8-9-29(27)36-32(31)28-18-39-33(34-20-35-39)23(4)22(28)3)24-10-14-38(15-11-24)30(40)12-16-37-13-6-7-26(37)19-41-5/h8-9,17-18,20-21,24,26,36H,6-7,10-16,19H2,1-5H3/t26-/m0/s1. The zero-order valence-electron chi connectivity index (χ0n) is 25.2. The van der Waals surface area contributed by atoms with Crippen LogP contribution < -0.4 is 0 Å². The molecule has 8 nitrogen and oxygen atoms in total. The summed E-state index contributed by atoms with van der Waals surface area (Å²) in [6.45, 7) is 13.2. The Bertz CT molecular complexity index is 1540. The Hall–Kier alpha value is -3.23. The molecule has 218 valence electrons. The van der Waals surface area contributed by atoms with Crippen molar-refractivity contribution in [1.82, 2.24) is 29.4 Å². The second-order valence-electron chi connectivity index (χ2n) is 12.4. The number of aromatic nitrogens is 4. The molecule has 2 aliphatic rings. The molecule has 3 aromatic heterocycles. The first kappa shape index (κ1) is 27.9. The third-order valence-electron chi connectivity index (χ3n) is 9.63. The Morgan fingerprint density at radius 1 is 1.12 bits per heavy atom. The maximum Gasteiger partial charge on any atom is 0.223 e. The highest BCUT2D eigenvalue weighted by molar-refractivity contribution is 5.92. The zero-order valence-corrected chi connectivity index (χ0v) is 25.2. The molecule has 1 amide bonds. The molecule has 0 saturated carbocycles. The number of nitrogens with one attached hydrogen (secondary N) is 1. The molecule has 41 heavy (non-hydrogen) atoms. The summed E-state index contributed by atoms with van der Waals surface area (Å²) in [5.41, 5.74) is 9.56. The molecule has 1 aromatic carbocycles. The van der Waals surface area contributed by atoms with Crippen LogP contribution in [0, 0.1) is 13.8 Å². The summed E-state index contributed by atoms with van der Waals surface area (Å²) in [6.07, 6.45) is 8.75. The lowest BCUT2D eigenvalue weighted by Crippen LogP contribution is -2.41. The summed E-state index contributed by atoms with van der Waals surface area (Å²) in [7, 11) is 1.77. The quantitative estimate of drug-likeness (QED) is 0.296. The fourth-order valence-corrected chi connectivity index (χ4v) is 7.18. The number of fused-ring (bicyclic) bond motifs is 2. The van der Waals surface area contributed by atoms with Gasteiger partial charge >= 0.3 is 0 Å². The number of benzene rings is 1. The number of amides is 1. The highest BCUT2D eigenvalue weighted by atomic mass is 16.5. The van der Waals surface area contributed by atoms with Crippen LogP contribution in [-0.2, 0) is 9.53 Å². The number of methoxy groups -OCH3 is 1. The van der Waals surface area contributed by atoms with Gasteiger partial charge in [-0.1, -0.05) is 19.9 Å². The van der Waals surface area contributed by atoms with Gasteiger partial charge in [0.25, 0.3) is 0 Å². The molecule has 0 aliphatic carbocycles. The zero-order chi connectivity index (χ0) is 28.7. The first-order valence-corrected chi connectivity index (χ1v) is 15.3. The number of H-pyrrole nitrogens is 1. The monoisotopic (exact) mass is 556 g/mol. The smallest absolute Gasteiger partial charge is 0.223 e. The molecular weight excluding hydrogens is 512 g/mol. The normalized spacial score (nSPS) is 18.9. The van der Waals surface area contributed by atoms with Gasteiger partial charge in [0.05, 0.1) is 12.3 Å². The summed E-state index contributed by atoms with van der Waals surface area (Å²) in [4.78, 5) is 25.8. The number of pyridine rings is 1. The molecule has 2 saturated heterocycles. The van der Waals surface area contributed by atoms with E-state index in [4.69, 9.17) is 4.74 Å². The minimum Gasteiger partial charge on any atom is -0.383 e. The van der Waals surface area contributed by atoms with E-state index in [0.29, 0.717) is 30.2 Å². The molecule has 0 unspecified atom stereocenters. The minimum absolute atomic E-state index is 0.300. The summed E-state index contributed by atoms with van der Waals surface area (Å²) in [5.74, 6) is 1.13. The molecular formula is C33H44N6O2. The number of hydrogen-bond acceptors (Lipinski definition) is 5. The Balaban J connectivity index is 1.18. The van der Waals surface area contributed by atoms with E-state index in [-0.39, 0.29) is 0 Å². The fourth-order valence-electron chi connectivity index (χ4n) is 7.18. The van der Waals surface area contributed by atoms with Crippen molar-refractivity contribution in [3.8, 4) is 11.3 Å². The van der Waals surface area contributed by atoms with Gasteiger partial charge < -0.3 is 14.6 Å².